The fourth-order valence-electron chi connectivity index (χ4n) is 6.10. The number of amides is 1. The van der Waals surface area contributed by atoms with Crippen molar-refractivity contribution in [1.82, 2.24) is 5.32 Å². The molecule has 2 saturated carbocycles. The van der Waals surface area contributed by atoms with Gasteiger partial charge in [0, 0.05) is 22.0 Å². The summed E-state index contributed by atoms with van der Waals surface area (Å²) in [5.74, 6) is 1.02. The molecule has 3 unspecified atom stereocenters. The second-order valence-corrected chi connectivity index (χ2v) is 10.9. The molecule has 2 bridgehead atoms. The van der Waals surface area contributed by atoms with Crippen molar-refractivity contribution in [3.05, 3.63) is 99.5 Å². The standard InChI is InChI=1S/C30H30BrNO4/c31-26-11-2-20(3-12-26)19-36-27-13-9-24(10-14-27)30(18-21-1-6-25(30)17-21)23-7-4-22(5-8-23)29(35)32-16-15-28(33)34/h2-5,7-14,21,25H,1,6,15-19H2,(H,32,35)(H,33,34). The van der Waals surface area contributed by atoms with Gasteiger partial charge in [-0.25, -0.2) is 0 Å². The number of benzene rings is 3. The molecule has 5 nitrogen and oxygen atoms in total. The number of fused-ring (bicyclic) bond motifs is 2. The van der Waals surface area contributed by atoms with Gasteiger partial charge in [0.1, 0.15) is 12.4 Å². The Morgan fingerprint density at radius 1 is 0.944 bits per heavy atom. The summed E-state index contributed by atoms with van der Waals surface area (Å²) in [5.41, 5.74) is 4.19. The molecular formula is C30H30BrNO4. The average molecular weight is 548 g/mol. The van der Waals surface area contributed by atoms with E-state index in [4.69, 9.17) is 9.84 Å². The Morgan fingerprint density at radius 3 is 2.19 bits per heavy atom. The van der Waals surface area contributed by atoms with Gasteiger partial charge in [-0.05, 0) is 84.2 Å². The Labute approximate surface area is 220 Å². The minimum atomic E-state index is -0.923. The molecule has 36 heavy (non-hydrogen) atoms. The van der Waals surface area contributed by atoms with E-state index in [1.54, 1.807) is 0 Å². The van der Waals surface area contributed by atoms with E-state index in [0.29, 0.717) is 18.1 Å². The van der Waals surface area contributed by atoms with Gasteiger partial charge in [0.2, 0.25) is 0 Å². The summed E-state index contributed by atoms with van der Waals surface area (Å²) in [4.78, 5) is 23.1. The highest BCUT2D eigenvalue weighted by Crippen LogP contribution is 2.60. The van der Waals surface area contributed by atoms with E-state index in [1.165, 1.54) is 30.4 Å². The molecule has 5 rings (SSSR count). The van der Waals surface area contributed by atoms with Crippen LogP contribution >= 0.6 is 15.9 Å². The first kappa shape index (κ1) is 24.6. The lowest BCUT2D eigenvalue weighted by Gasteiger charge is -2.39. The number of aliphatic carboxylic acids is 1. The number of hydrogen-bond acceptors (Lipinski definition) is 3. The van der Waals surface area contributed by atoms with Gasteiger partial charge in [0.15, 0.2) is 0 Å². The summed E-state index contributed by atoms with van der Waals surface area (Å²) in [7, 11) is 0. The summed E-state index contributed by atoms with van der Waals surface area (Å²) in [6.45, 7) is 0.651. The van der Waals surface area contributed by atoms with Crippen molar-refractivity contribution in [3.8, 4) is 5.75 Å². The molecule has 2 fully saturated rings. The summed E-state index contributed by atoms with van der Waals surface area (Å²) in [6, 6.07) is 24.6. The first-order valence-electron chi connectivity index (χ1n) is 12.5. The van der Waals surface area contributed by atoms with Gasteiger partial charge in [-0.1, -0.05) is 58.7 Å². The number of carboxylic acid groups (broad SMARTS) is 1. The fourth-order valence-corrected chi connectivity index (χ4v) is 6.37. The average Bonchev–Trinajstić information content (AvgIpc) is 3.51. The number of carbonyl (C=O) groups excluding carboxylic acids is 1. The van der Waals surface area contributed by atoms with Gasteiger partial charge in [0.05, 0.1) is 6.42 Å². The van der Waals surface area contributed by atoms with Gasteiger partial charge in [0.25, 0.3) is 5.91 Å². The SMILES string of the molecule is O=C(O)CCNC(=O)c1ccc(C2(c3ccc(OCc4ccc(Br)cc4)cc3)CC3CCC2C3)cc1. The zero-order valence-electron chi connectivity index (χ0n) is 20.1. The molecule has 0 radical (unpaired) electrons. The molecule has 2 N–H and O–H groups in total. The second-order valence-electron chi connectivity index (χ2n) is 9.97. The monoisotopic (exact) mass is 547 g/mol. The second kappa shape index (κ2) is 10.5. The van der Waals surface area contributed by atoms with E-state index in [2.05, 4.69) is 69.8 Å². The highest BCUT2D eigenvalue weighted by molar-refractivity contribution is 9.10. The van der Waals surface area contributed by atoms with E-state index >= 15 is 0 Å². The van der Waals surface area contributed by atoms with Crippen molar-refractivity contribution >= 4 is 27.8 Å². The number of halogens is 1. The number of carboxylic acids is 1. The molecule has 1 amide bonds. The highest BCUT2D eigenvalue weighted by atomic mass is 79.9. The van der Waals surface area contributed by atoms with Crippen LogP contribution in [0.15, 0.2) is 77.3 Å². The molecule has 0 aliphatic heterocycles. The third-order valence-corrected chi connectivity index (χ3v) is 8.35. The third kappa shape index (κ3) is 5.05. The van der Waals surface area contributed by atoms with E-state index in [0.717, 1.165) is 28.1 Å². The molecule has 0 saturated heterocycles. The van der Waals surface area contributed by atoms with E-state index in [-0.39, 0.29) is 24.3 Å². The number of carbonyl (C=O) groups is 2. The molecular weight excluding hydrogens is 518 g/mol. The maximum Gasteiger partial charge on any atom is 0.305 e. The van der Waals surface area contributed by atoms with Crippen molar-refractivity contribution in [2.24, 2.45) is 11.8 Å². The number of ether oxygens (including phenoxy) is 1. The van der Waals surface area contributed by atoms with Crippen LogP contribution in [-0.2, 0) is 16.8 Å². The van der Waals surface area contributed by atoms with Gasteiger partial charge >= 0.3 is 5.97 Å². The summed E-state index contributed by atoms with van der Waals surface area (Å²) in [6.07, 6.45) is 4.81. The van der Waals surface area contributed by atoms with Crippen LogP contribution in [0, 0.1) is 11.8 Å². The van der Waals surface area contributed by atoms with Crippen LogP contribution in [0.1, 0.15) is 59.2 Å². The molecule has 2 aliphatic rings. The van der Waals surface area contributed by atoms with Crippen LogP contribution in [0.4, 0.5) is 0 Å². The first-order valence-corrected chi connectivity index (χ1v) is 13.3. The lowest BCUT2D eigenvalue weighted by atomic mass is 9.64. The molecule has 2 aliphatic carbocycles. The Balaban J connectivity index is 1.34. The number of hydrogen-bond donors (Lipinski definition) is 2. The highest BCUT2D eigenvalue weighted by Gasteiger charge is 2.52. The summed E-state index contributed by atoms with van der Waals surface area (Å²) in [5, 5.41) is 11.5. The lowest BCUT2D eigenvalue weighted by molar-refractivity contribution is -0.136. The predicted octanol–water partition coefficient (Wildman–Crippen LogP) is 6.34. The molecule has 186 valence electrons. The minimum absolute atomic E-state index is 0.0501. The zero-order valence-corrected chi connectivity index (χ0v) is 21.7. The predicted molar refractivity (Wildman–Crippen MR) is 142 cm³/mol. The normalized spacial score (nSPS) is 22.4. The Bertz CT molecular complexity index is 1220. The van der Waals surface area contributed by atoms with Crippen molar-refractivity contribution in [1.29, 1.82) is 0 Å². The Kier molecular flexibility index (Phi) is 7.15. The smallest absolute Gasteiger partial charge is 0.305 e. The van der Waals surface area contributed by atoms with E-state index in [9.17, 15) is 9.59 Å². The maximum atomic E-state index is 12.4. The Hall–Kier alpha value is -3.12. The Morgan fingerprint density at radius 2 is 1.61 bits per heavy atom. The van der Waals surface area contributed by atoms with Crippen molar-refractivity contribution in [3.63, 3.8) is 0 Å². The molecule has 0 aromatic heterocycles. The molecule has 0 spiro atoms. The van der Waals surface area contributed by atoms with Crippen LogP contribution in [0.3, 0.4) is 0 Å². The molecule has 3 aromatic carbocycles. The van der Waals surface area contributed by atoms with Crippen LogP contribution < -0.4 is 10.1 Å². The van der Waals surface area contributed by atoms with Gasteiger partial charge < -0.3 is 15.2 Å². The number of nitrogens with one attached hydrogen (secondary N) is 1. The topological polar surface area (TPSA) is 75.6 Å². The van der Waals surface area contributed by atoms with Crippen molar-refractivity contribution < 1.29 is 19.4 Å². The lowest BCUT2D eigenvalue weighted by Crippen LogP contribution is -2.34. The maximum absolute atomic E-state index is 12.4. The van der Waals surface area contributed by atoms with Crippen LogP contribution in [0.5, 0.6) is 5.75 Å². The van der Waals surface area contributed by atoms with Crippen LogP contribution in [-0.4, -0.2) is 23.5 Å². The fraction of sp³-hybridized carbons (Fsp3) is 0.333. The zero-order chi connectivity index (χ0) is 25.1. The van der Waals surface area contributed by atoms with Crippen molar-refractivity contribution in [2.75, 3.05) is 6.54 Å². The quantitative estimate of drug-likeness (QED) is 0.327. The van der Waals surface area contributed by atoms with E-state index < -0.39 is 5.97 Å². The summed E-state index contributed by atoms with van der Waals surface area (Å²) < 4.78 is 7.10. The third-order valence-electron chi connectivity index (χ3n) is 7.82. The van der Waals surface area contributed by atoms with E-state index in [1.807, 2.05) is 24.3 Å². The number of rotatable bonds is 9. The molecule has 0 heterocycles. The van der Waals surface area contributed by atoms with Gasteiger partial charge in [-0.2, -0.15) is 0 Å². The van der Waals surface area contributed by atoms with Gasteiger partial charge in [-0.3, -0.25) is 9.59 Å². The molecule has 3 aromatic rings. The van der Waals surface area contributed by atoms with Crippen LogP contribution in [0.2, 0.25) is 0 Å². The minimum Gasteiger partial charge on any atom is -0.489 e. The largest absolute Gasteiger partial charge is 0.489 e. The first-order chi connectivity index (χ1) is 17.4. The molecule has 6 heteroatoms. The van der Waals surface area contributed by atoms with Crippen molar-refractivity contribution in [2.45, 2.75) is 44.1 Å². The summed E-state index contributed by atoms with van der Waals surface area (Å²) >= 11 is 3.47. The van der Waals surface area contributed by atoms with Gasteiger partial charge in [-0.15, -0.1) is 0 Å². The van der Waals surface area contributed by atoms with Crippen LogP contribution in [0.25, 0.3) is 0 Å². The molecule has 3 atom stereocenters.